The van der Waals surface area contributed by atoms with Crippen LogP contribution in [-0.2, 0) is 24.4 Å². The molecule has 32 heavy (non-hydrogen) atoms. The van der Waals surface area contributed by atoms with Gasteiger partial charge in [0.15, 0.2) is 5.65 Å². The van der Waals surface area contributed by atoms with Crippen molar-refractivity contribution in [3.05, 3.63) is 106 Å². The summed E-state index contributed by atoms with van der Waals surface area (Å²) in [6, 6.07) is 20.6. The molecule has 0 aliphatic carbocycles. The quantitative estimate of drug-likeness (QED) is 0.470. The van der Waals surface area contributed by atoms with Gasteiger partial charge in [0.05, 0.1) is 5.56 Å². The number of rotatable bonds is 7. The molecule has 8 heteroatoms. The number of hydrogen-bond donors (Lipinski definition) is 2. The van der Waals surface area contributed by atoms with E-state index in [1.807, 2.05) is 61.5 Å². The molecule has 0 aliphatic heterocycles. The second-order valence-corrected chi connectivity index (χ2v) is 7.52. The number of pyridine rings is 1. The first-order valence-corrected chi connectivity index (χ1v) is 10.2. The predicted octanol–water partition coefficient (Wildman–Crippen LogP) is 2.05. The minimum absolute atomic E-state index is 0.206. The highest BCUT2D eigenvalue weighted by Crippen LogP contribution is 2.05. The predicted molar refractivity (Wildman–Crippen MR) is 120 cm³/mol. The molecule has 0 fully saturated rings. The number of nitrogens with zero attached hydrogens (tertiary/aromatic N) is 3. The summed E-state index contributed by atoms with van der Waals surface area (Å²) in [5.41, 5.74) is 3.30. The first kappa shape index (κ1) is 21.0. The van der Waals surface area contributed by atoms with Gasteiger partial charge in [-0.05, 0) is 30.2 Å². The van der Waals surface area contributed by atoms with Crippen LogP contribution in [-0.4, -0.2) is 26.0 Å². The molecular formula is C24H23N5O3. The number of amides is 2. The van der Waals surface area contributed by atoms with Crippen LogP contribution in [0.2, 0.25) is 0 Å². The summed E-state index contributed by atoms with van der Waals surface area (Å²) in [5, 5.41) is 9.80. The number of carbonyl (C=O) groups excluding carboxylic acids is 2. The zero-order valence-corrected chi connectivity index (χ0v) is 17.6. The molecule has 8 nitrogen and oxygen atoms in total. The van der Waals surface area contributed by atoms with Crippen LogP contribution in [0.3, 0.4) is 0 Å². The third kappa shape index (κ3) is 4.92. The zero-order chi connectivity index (χ0) is 22.5. The molecule has 2 amide bonds. The molecule has 0 saturated heterocycles. The van der Waals surface area contributed by atoms with Gasteiger partial charge in [-0.25, -0.2) is 13.9 Å². The first-order valence-electron chi connectivity index (χ1n) is 10.2. The van der Waals surface area contributed by atoms with E-state index in [9.17, 15) is 14.4 Å². The van der Waals surface area contributed by atoms with E-state index in [1.54, 1.807) is 12.1 Å². The van der Waals surface area contributed by atoms with Crippen molar-refractivity contribution >= 4 is 17.5 Å². The standard InChI is InChI=1S/C24H23N5O3/c1-17-7-9-19(10-8-17)13-25-22(30)16-29-24(32)28-15-20(11-12-21(28)27-29)23(31)26-14-18-5-3-2-4-6-18/h2-12,15H,13-14,16H2,1H3,(H,25,30)(H,26,31). The van der Waals surface area contributed by atoms with Gasteiger partial charge in [0.2, 0.25) is 5.91 Å². The fraction of sp³-hybridized carbons (Fsp3) is 0.167. The summed E-state index contributed by atoms with van der Waals surface area (Å²) in [7, 11) is 0. The number of carbonyl (C=O) groups is 2. The van der Waals surface area contributed by atoms with Gasteiger partial charge >= 0.3 is 5.69 Å². The van der Waals surface area contributed by atoms with Crippen molar-refractivity contribution in [2.45, 2.75) is 26.6 Å². The third-order valence-corrected chi connectivity index (χ3v) is 5.04. The largest absolute Gasteiger partial charge is 0.350 e. The monoisotopic (exact) mass is 429 g/mol. The molecule has 0 unspecified atom stereocenters. The van der Waals surface area contributed by atoms with Gasteiger partial charge in [-0.15, -0.1) is 5.10 Å². The Morgan fingerprint density at radius 2 is 1.56 bits per heavy atom. The van der Waals surface area contributed by atoms with Gasteiger partial charge in [-0.2, -0.15) is 0 Å². The van der Waals surface area contributed by atoms with E-state index in [0.717, 1.165) is 21.4 Å². The number of aromatic nitrogens is 3. The Morgan fingerprint density at radius 1 is 0.875 bits per heavy atom. The van der Waals surface area contributed by atoms with Gasteiger partial charge in [-0.1, -0.05) is 60.2 Å². The number of nitrogens with one attached hydrogen (secondary N) is 2. The van der Waals surface area contributed by atoms with E-state index in [1.165, 1.54) is 10.6 Å². The van der Waals surface area contributed by atoms with Crippen LogP contribution in [0, 0.1) is 6.92 Å². The summed E-state index contributed by atoms with van der Waals surface area (Å²) in [6.07, 6.45) is 1.44. The molecule has 2 aromatic carbocycles. The summed E-state index contributed by atoms with van der Waals surface area (Å²) in [5.74, 6) is -0.622. The third-order valence-electron chi connectivity index (χ3n) is 5.04. The lowest BCUT2D eigenvalue weighted by Gasteiger charge is -2.05. The van der Waals surface area contributed by atoms with Crippen LogP contribution < -0.4 is 16.3 Å². The minimum atomic E-state index is -0.483. The van der Waals surface area contributed by atoms with Gasteiger partial charge in [-0.3, -0.25) is 9.59 Å². The summed E-state index contributed by atoms with van der Waals surface area (Å²) < 4.78 is 2.36. The molecule has 4 aromatic rings. The normalized spacial score (nSPS) is 10.8. The second kappa shape index (κ2) is 9.30. The lowest BCUT2D eigenvalue weighted by atomic mass is 10.1. The molecule has 2 aromatic heterocycles. The lowest BCUT2D eigenvalue weighted by molar-refractivity contribution is -0.122. The Labute approximate surface area is 184 Å². The number of benzene rings is 2. The van der Waals surface area contributed by atoms with Gasteiger partial charge in [0, 0.05) is 19.3 Å². The van der Waals surface area contributed by atoms with Crippen molar-refractivity contribution in [1.82, 2.24) is 24.8 Å². The minimum Gasteiger partial charge on any atom is -0.350 e. The van der Waals surface area contributed by atoms with Crippen molar-refractivity contribution in [1.29, 1.82) is 0 Å². The highest BCUT2D eigenvalue weighted by Gasteiger charge is 2.13. The van der Waals surface area contributed by atoms with Crippen molar-refractivity contribution in [3.63, 3.8) is 0 Å². The highest BCUT2D eigenvalue weighted by molar-refractivity contribution is 5.94. The number of fused-ring (bicyclic) bond motifs is 1. The van der Waals surface area contributed by atoms with Gasteiger partial charge < -0.3 is 10.6 Å². The second-order valence-electron chi connectivity index (χ2n) is 7.52. The van der Waals surface area contributed by atoms with E-state index >= 15 is 0 Å². The molecule has 0 saturated carbocycles. The molecule has 2 heterocycles. The van der Waals surface area contributed by atoms with Crippen LogP contribution >= 0.6 is 0 Å². The van der Waals surface area contributed by atoms with E-state index in [2.05, 4.69) is 15.7 Å². The molecule has 0 bridgehead atoms. The van der Waals surface area contributed by atoms with Crippen LogP contribution in [0.25, 0.3) is 5.65 Å². The molecule has 0 aliphatic rings. The number of hydrogen-bond acceptors (Lipinski definition) is 4. The molecule has 4 rings (SSSR count). The van der Waals surface area contributed by atoms with Crippen molar-refractivity contribution in [3.8, 4) is 0 Å². The summed E-state index contributed by atoms with van der Waals surface area (Å²) in [6.45, 7) is 2.54. The van der Waals surface area contributed by atoms with Gasteiger partial charge in [0.1, 0.15) is 6.54 Å². The Bertz CT molecular complexity index is 1310. The van der Waals surface area contributed by atoms with Crippen LogP contribution in [0.1, 0.15) is 27.0 Å². The Morgan fingerprint density at radius 3 is 2.31 bits per heavy atom. The smallest absolute Gasteiger partial charge is 0.350 e. The Kier molecular flexibility index (Phi) is 6.12. The number of aryl methyl sites for hydroxylation is 1. The SMILES string of the molecule is Cc1ccc(CNC(=O)Cn2nc3ccc(C(=O)NCc4ccccc4)cn3c2=O)cc1. The van der Waals surface area contributed by atoms with E-state index in [-0.39, 0.29) is 18.4 Å². The van der Waals surface area contributed by atoms with Crippen LogP contribution in [0.5, 0.6) is 0 Å². The van der Waals surface area contributed by atoms with Gasteiger partial charge in [0.25, 0.3) is 5.91 Å². The van der Waals surface area contributed by atoms with Crippen LogP contribution in [0.15, 0.2) is 77.7 Å². The molecule has 0 atom stereocenters. The van der Waals surface area contributed by atoms with E-state index in [0.29, 0.717) is 24.3 Å². The topological polar surface area (TPSA) is 97.5 Å². The fourth-order valence-electron chi connectivity index (χ4n) is 3.23. The zero-order valence-electron chi connectivity index (χ0n) is 17.6. The highest BCUT2D eigenvalue weighted by atomic mass is 16.2. The first-order chi connectivity index (χ1) is 15.5. The average molecular weight is 429 g/mol. The maximum absolute atomic E-state index is 12.7. The van der Waals surface area contributed by atoms with E-state index in [4.69, 9.17) is 0 Å². The maximum atomic E-state index is 12.7. The fourth-order valence-corrected chi connectivity index (χ4v) is 3.23. The van der Waals surface area contributed by atoms with Crippen molar-refractivity contribution < 1.29 is 9.59 Å². The summed E-state index contributed by atoms with van der Waals surface area (Å²) in [4.78, 5) is 37.5. The van der Waals surface area contributed by atoms with Crippen molar-refractivity contribution in [2.75, 3.05) is 0 Å². The summed E-state index contributed by atoms with van der Waals surface area (Å²) >= 11 is 0. The molecule has 2 N–H and O–H groups in total. The molecular weight excluding hydrogens is 406 g/mol. The van der Waals surface area contributed by atoms with E-state index < -0.39 is 5.69 Å². The lowest BCUT2D eigenvalue weighted by Crippen LogP contribution is -2.32. The Hall–Kier alpha value is -4.20. The molecule has 162 valence electrons. The molecule has 0 radical (unpaired) electrons. The molecule has 0 spiro atoms. The maximum Gasteiger partial charge on any atom is 0.350 e. The Balaban J connectivity index is 1.41. The van der Waals surface area contributed by atoms with Crippen LogP contribution in [0.4, 0.5) is 0 Å². The average Bonchev–Trinajstić information content (AvgIpc) is 3.12. The van der Waals surface area contributed by atoms with Crippen molar-refractivity contribution in [2.24, 2.45) is 0 Å².